The molecule has 0 aliphatic carbocycles. The molecular weight excluding hydrogens is 637 g/mol. The van der Waals surface area contributed by atoms with Gasteiger partial charge in [-0.25, -0.2) is 15.0 Å². The zero-order valence-corrected chi connectivity index (χ0v) is 27.8. The minimum atomic E-state index is 0.818. The van der Waals surface area contributed by atoms with Gasteiger partial charge < -0.3 is 0 Å². The molecule has 0 amide bonds. The second-order valence-corrected chi connectivity index (χ2v) is 12.8. The van der Waals surface area contributed by atoms with Crippen molar-refractivity contribution in [1.29, 1.82) is 0 Å². The summed E-state index contributed by atoms with van der Waals surface area (Å²) in [6, 6.07) is 52.0. The molecule has 0 saturated carbocycles. The van der Waals surface area contributed by atoms with Crippen molar-refractivity contribution in [2.45, 2.75) is 0 Å². The average Bonchev–Trinajstić information content (AvgIpc) is 3.23. The maximum atomic E-state index is 5.19. The predicted octanol–water partition coefficient (Wildman–Crippen LogP) is 11.0. The van der Waals surface area contributed by atoms with Crippen molar-refractivity contribution in [1.82, 2.24) is 29.9 Å². The largest absolute Gasteiger partial charge is 0.256 e. The number of nitrogens with zero attached hydrogens (tertiary/aromatic N) is 6. The Bertz CT molecular complexity index is 2900. The molecule has 0 bridgehead atoms. The summed E-state index contributed by atoms with van der Waals surface area (Å²) in [6.45, 7) is 0. The van der Waals surface area contributed by atoms with Crippen LogP contribution in [0.4, 0.5) is 0 Å². The van der Waals surface area contributed by atoms with Gasteiger partial charge in [0.1, 0.15) is 0 Å². The molecule has 0 fully saturated rings. The van der Waals surface area contributed by atoms with E-state index >= 15 is 0 Å². The highest BCUT2D eigenvalue weighted by Crippen LogP contribution is 2.33. The van der Waals surface area contributed by atoms with Crippen LogP contribution in [0.25, 0.3) is 99.9 Å². The van der Waals surface area contributed by atoms with Gasteiger partial charge in [0.15, 0.2) is 0 Å². The van der Waals surface area contributed by atoms with Gasteiger partial charge in [-0.2, -0.15) is 0 Å². The van der Waals surface area contributed by atoms with Gasteiger partial charge in [-0.1, -0.05) is 72.8 Å². The van der Waals surface area contributed by atoms with Crippen LogP contribution >= 0.6 is 0 Å². The lowest BCUT2D eigenvalue weighted by Crippen LogP contribution is -1.92. The van der Waals surface area contributed by atoms with Crippen molar-refractivity contribution in [2.75, 3.05) is 0 Å². The molecule has 10 rings (SSSR count). The summed E-state index contributed by atoms with van der Waals surface area (Å²) in [5, 5.41) is 4.27. The Hall–Kier alpha value is -7.18. The van der Waals surface area contributed by atoms with Gasteiger partial charge >= 0.3 is 0 Å². The molecule has 4 aromatic carbocycles. The monoisotopic (exact) mass is 664 g/mol. The van der Waals surface area contributed by atoms with Gasteiger partial charge in [-0.3, -0.25) is 15.0 Å². The molecule has 0 radical (unpaired) electrons. The lowest BCUT2D eigenvalue weighted by Gasteiger charge is -2.11. The fourth-order valence-electron chi connectivity index (χ4n) is 6.90. The Kier molecular flexibility index (Phi) is 7.03. The third-order valence-corrected chi connectivity index (χ3v) is 9.56. The van der Waals surface area contributed by atoms with Gasteiger partial charge in [-0.15, -0.1) is 0 Å². The van der Waals surface area contributed by atoms with Gasteiger partial charge in [-0.05, 0) is 90.0 Å². The van der Waals surface area contributed by atoms with E-state index in [0.717, 1.165) is 99.9 Å². The van der Waals surface area contributed by atoms with Crippen LogP contribution in [0.15, 0.2) is 170 Å². The molecule has 6 heteroatoms. The molecule has 242 valence electrons. The smallest absolute Gasteiger partial charge is 0.0972 e. The summed E-state index contributed by atoms with van der Waals surface area (Å²) >= 11 is 0. The molecule has 52 heavy (non-hydrogen) atoms. The third-order valence-electron chi connectivity index (χ3n) is 9.56. The van der Waals surface area contributed by atoms with Crippen LogP contribution in [0.3, 0.4) is 0 Å². The van der Waals surface area contributed by atoms with E-state index in [-0.39, 0.29) is 0 Å². The first-order valence-electron chi connectivity index (χ1n) is 17.2. The number of benzene rings is 4. The number of aromatic nitrogens is 6. The molecule has 0 aliphatic rings. The number of fused-ring (bicyclic) bond motifs is 5. The summed E-state index contributed by atoms with van der Waals surface area (Å²) in [5.41, 5.74) is 13.1. The molecule has 0 atom stereocenters. The lowest BCUT2D eigenvalue weighted by atomic mass is 9.98. The predicted molar refractivity (Wildman–Crippen MR) is 210 cm³/mol. The summed E-state index contributed by atoms with van der Waals surface area (Å²) in [7, 11) is 0. The van der Waals surface area contributed by atoms with E-state index < -0.39 is 0 Å². The van der Waals surface area contributed by atoms with E-state index in [4.69, 9.17) is 15.0 Å². The molecule has 10 aromatic rings. The van der Waals surface area contributed by atoms with Crippen molar-refractivity contribution in [3.05, 3.63) is 170 Å². The van der Waals surface area contributed by atoms with E-state index in [1.165, 1.54) is 0 Å². The molecule has 0 saturated heterocycles. The molecule has 6 aromatic heterocycles. The van der Waals surface area contributed by atoms with E-state index in [0.29, 0.717) is 0 Å². The Morgan fingerprint density at radius 2 is 0.750 bits per heavy atom. The quantitative estimate of drug-likeness (QED) is 0.170. The van der Waals surface area contributed by atoms with Crippen LogP contribution < -0.4 is 0 Å². The minimum absolute atomic E-state index is 0.818. The first-order valence-corrected chi connectivity index (χ1v) is 17.2. The van der Waals surface area contributed by atoms with Crippen molar-refractivity contribution in [2.24, 2.45) is 0 Å². The van der Waals surface area contributed by atoms with Crippen LogP contribution in [-0.2, 0) is 0 Å². The average molecular weight is 665 g/mol. The van der Waals surface area contributed by atoms with Crippen LogP contribution in [-0.4, -0.2) is 29.9 Å². The third kappa shape index (κ3) is 5.39. The highest BCUT2D eigenvalue weighted by atomic mass is 14.8. The van der Waals surface area contributed by atoms with Crippen molar-refractivity contribution in [3.8, 4) is 56.3 Å². The summed E-state index contributed by atoms with van der Waals surface area (Å²) in [6.07, 6.45) is 5.46. The maximum absolute atomic E-state index is 5.19. The molecule has 6 heterocycles. The van der Waals surface area contributed by atoms with Crippen molar-refractivity contribution >= 4 is 43.6 Å². The Morgan fingerprint density at radius 1 is 0.269 bits per heavy atom. The van der Waals surface area contributed by atoms with Gasteiger partial charge in [0.2, 0.25) is 0 Å². The van der Waals surface area contributed by atoms with Crippen molar-refractivity contribution in [3.63, 3.8) is 0 Å². The second kappa shape index (κ2) is 12.3. The topological polar surface area (TPSA) is 77.3 Å². The highest BCUT2D eigenvalue weighted by molar-refractivity contribution is 6.03. The molecular formula is C46H28N6. The molecule has 6 nitrogen and oxygen atoms in total. The normalized spacial score (nSPS) is 11.5. The second-order valence-electron chi connectivity index (χ2n) is 12.8. The first-order chi connectivity index (χ1) is 25.7. The van der Waals surface area contributed by atoms with Crippen LogP contribution in [0.2, 0.25) is 0 Å². The molecule has 0 unspecified atom stereocenters. The van der Waals surface area contributed by atoms with Crippen LogP contribution in [0.5, 0.6) is 0 Å². The minimum Gasteiger partial charge on any atom is -0.256 e. The van der Waals surface area contributed by atoms with Crippen molar-refractivity contribution < 1.29 is 0 Å². The van der Waals surface area contributed by atoms with E-state index in [9.17, 15) is 0 Å². The zero-order valence-electron chi connectivity index (χ0n) is 27.8. The highest BCUT2D eigenvalue weighted by Gasteiger charge is 2.12. The Balaban J connectivity index is 1.03. The van der Waals surface area contributed by atoms with E-state index in [2.05, 4.69) is 112 Å². The molecule has 0 N–H and O–H groups in total. The van der Waals surface area contributed by atoms with Gasteiger partial charge in [0, 0.05) is 56.8 Å². The summed E-state index contributed by atoms with van der Waals surface area (Å²) in [5.74, 6) is 0. The number of hydrogen-bond acceptors (Lipinski definition) is 6. The lowest BCUT2D eigenvalue weighted by molar-refractivity contribution is 1.31. The molecule has 0 aliphatic heterocycles. The fraction of sp³-hybridized carbons (Fsp3) is 0. The Morgan fingerprint density at radius 3 is 1.37 bits per heavy atom. The van der Waals surface area contributed by atoms with E-state index in [1.54, 1.807) is 0 Å². The fourth-order valence-corrected chi connectivity index (χ4v) is 6.90. The SMILES string of the molecule is c1ccc(-c2cc(-c3ccccn3)cc(-c3ccc4ccc(-c5ccc6ccc(-c7ccc8ccc9cccnc9c8n7)nc6c5)cc4n3)c2)nc1. The zero-order chi connectivity index (χ0) is 34.4. The summed E-state index contributed by atoms with van der Waals surface area (Å²) < 4.78 is 0. The number of hydrogen-bond donors (Lipinski definition) is 0. The van der Waals surface area contributed by atoms with Crippen LogP contribution in [0.1, 0.15) is 0 Å². The summed E-state index contributed by atoms with van der Waals surface area (Å²) in [4.78, 5) is 29.2. The molecule has 0 spiro atoms. The number of rotatable bonds is 5. The van der Waals surface area contributed by atoms with Gasteiger partial charge in [0.05, 0.1) is 50.5 Å². The van der Waals surface area contributed by atoms with E-state index in [1.807, 2.05) is 73.2 Å². The van der Waals surface area contributed by atoms with Gasteiger partial charge in [0.25, 0.3) is 0 Å². The Labute approximate surface area is 299 Å². The maximum Gasteiger partial charge on any atom is 0.0972 e. The standard InChI is InChI=1S/C46H28N6/c1-3-21-47-38(7-1)35-24-36(39-8-2-4-22-48-39)26-37(25-35)40-18-15-29-9-13-33(27-43(29)50-40)34-14-10-30-16-19-41(51-44(30)28-34)42-20-17-32-12-11-31-6-5-23-49-45(31)46(32)52-42/h1-28H. The first kappa shape index (κ1) is 29.7. The van der Waals surface area contributed by atoms with Crippen LogP contribution in [0, 0.1) is 0 Å². The number of pyridine rings is 6.